The Hall–Kier alpha value is -2.34. The summed E-state index contributed by atoms with van der Waals surface area (Å²) in [7, 11) is 0. The van der Waals surface area contributed by atoms with E-state index in [9.17, 15) is 4.79 Å². The summed E-state index contributed by atoms with van der Waals surface area (Å²) in [5, 5.41) is 0.687. The number of amides is 2. The average Bonchev–Trinajstić information content (AvgIpc) is 3.05. The quantitative estimate of drug-likeness (QED) is 0.830. The summed E-state index contributed by atoms with van der Waals surface area (Å²) in [5.74, 6) is 0.236. The van der Waals surface area contributed by atoms with Gasteiger partial charge in [0.1, 0.15) is 0 Å². The highest BCUT2D eigenvalue weighted by atomic mass is 35.5. The van der Waals surface area contributed by atoms with Gasteiger partial charge >= 0.3 is 6.03 Å². The summed E-state index contributed by atoms with van der Waals surface area (Å²) in [6, 6.07) is 5.79. The van der Waals surface area contributed by atoms with Gasteiger partial charge in [0.25, 0.3) is 0 Å². The van der Waals surface area contributed by atoms with E-state index in [1.807, 2.05) is 34.9 Å². The molecule has 136 valence electrons. The van der Waals surface area contributed by atoms with Crippen LogP contribution in [0.25, 0.3) is 11.3 Å². The molecule has 2 aliphatic rings. The molecule has 1 aromatic heterocycles. The molecule has 0 saturated carbocycles. The Morgan fingerprint density at radius 2 is 1.88 bits per heavy atom. The number of fused-ring (bicyclic) bond motifs is 1. The highest BCUT2D eigenvalue weighted by Crippen LogP contribution is 2.34. The third-order valence-corrected chi connectivity index (χ3v) is 5.38. The van der Waals surface area contributed by atoms with Crippen molar-refractivity contribution in [1.29, 1.82) is 0 Å². The minimum atomic E-state index is 0.0834. The van der Waals surface area contributed by atoms with Crippen molar-refractivity contribution in [2.75, 3.05) is 18.8 Å². The Morgan fingerprint density at radius 1 is 1.12 bits per heavy atom. The number of nitrogen functional groups attached to an aromatic ring is 1. The van der Waals surface area contributed by atoms with E-state index in [1.54, 1.807) is 0 Å². The number of piperidine rings is 1. The molecule has 4 rings (SSSR count). The van der Waals surface area contributed by atoms with Crippen LogP contribution in [0.4, 0.5) is 10.7 Å². The molecule has 2 N–H and O–H groups in total. The zero-order chi connectivity index (χ0) is 18.3. The van der Waals surface area contributed by atoms with Crippen molar-refractivity contribution in [2.45, 2.75) is 39.3 Å². The number of carbonyl (C=O) groups is 1. The molecule has 3 heterocycles. The molecular weight excluding hydrogens is 350 g/mol. The molecule has 0 atom stereocenters. The molecule has 1 fully saturated rings. The molecule has 0 spiro atoms. The number of benzene rings is 1. The molecule has 6 nitrogen and oxygen atoms in total. The summed E-state index contributed by atoms with van der Waals surface area (Å²) in [6.07, 6.45) is 3.36. The van der Waals surface area contributed by atoms with Crippen molar-refractivity contribution in [3.05, 3.63) is 40.0 Å². The molecule has 1 saturated heterocycles. The number of hydrogen-bond donors (Lipinski definition) is 1. The minimum Gasteiger partial charge on any atom is -0.368 e. The predicted molar refractivity (Wildman–Crippen MR) is 102 cm³/mol. The monoisotopic (exact) mass is 371 g/mol. The molecule has 0 radical (unpaired) electrons. The van der Waals surface area contributed by atoms with E-state index in [0.717, 1.165) is 54.0 Å². The maximum absolute atomic E-state index is 12.9. The van der Waals surface area contributed by atoms with Crippen molar-refractivity contribution in [2.24, 2.45) is 0 Å². The number of aryl methyl sites for hydroxylation is 1. The lowest BCUT2D eigenvalue weighted by Crippen LogP contribution is -2.43. The number of hydrogen-bond acceptors (Lipinski definition) is 4. The number of rotatable bonds is 1. The highest BCUT2D eigenvalue weighted by Gasteiger charge is 2.31. The largest absolute Gasteiger partial charge is 0.368 e. The zero-order valence-corrected chi connectivity index (χ0v) is 15.6. The number of likely N-dealkylation sites (tertiary alicyclic amines) is 1. The first-order valence-electron chi connectivity index (χ1n) is 8.98. The number of nitrogens with zero attached hydrogens (tertiary/aromatic N) is 4. The number of aromatic nitrogens is 2. The van der Waals surface area contributed by atoms with Crippen molar-refractivity contribution < 1.29 is 4.79 Å². The second-order valence-corrected chi connectivity index (χ2v) is 7.44. The minimum absolute atomic E-state index is 0.0834. The van der Waals surface area contributed by atoms with E-state index in [4.69, 9.17) is 17.3 Å². The van der Waals surface area contributed by atoms with Crippen LogP contribution in [0.15, 0.2) is 18.2 Å². The summed E-state index contributed by atoms with van der Waals surface area (Å²) < 4.78 is 0. The first-order valence-corrected chi connectivity index (χ1v) is 9.36. The second-order valence-electron chi connectivity index (χ2n) is 7.00. The first kappa shape index (κ1) is 17.1. The van der Waals surface area contributed by atoms with Gasteiger partial charge in [-0.3, -0.25) is 0 Å². The van der Waals surface area contributed by atoms with Gasteiger partial charge in [0.2, 0.25) is 5.95 Å². The molecule has 2 amide bonds. The van der Waals surface area contributed by atoms with Gasteiger partial charge in [-0.05, 0) is 43.9 Å². The number of urea groups is 1. The van der Waals surface area contributed by atoms with Crippen LogP contribution in [-0.4, -0.2) is 38.9 Å². The van der Waals surface area contributed by atoms with Crippen LogP contribution in [0.3, 0.4) is 0 Å². The van der Waals surface area contributed by atoms with Gasteiger partial charge in [-0.25, -0.2) is 14.8 Å². The van der Waals surface area contributed by atoms with Crippen molar-refractivity contribution in [3.63, 3.8) is 0 Å². The lowest BCUT2D eigenvalue weighted by atomic mass is 10.0. The average molecular weight is 372 g/mol. The second kappa shape index (κ2) is 6.76. The van der Waals surface area contributed by atoms with Crippen LogP contribution < -0.4 is 5.73 Å². The number of nitrogens with two attached hydrogens (primary N) is 1. The van der Waals surface area contributed by atoms with E-state index >= 15 is 0 Å². The Labute approximate surface area is 158 Å². The van der Waals surface area contributed by atoms with Crippen LogP contribution in [0, 0.1) is 6.92 Å². The smallest absolute Gasteiger partial charge is 0.320 e. The van der Waals surface area contributed by atoms with Crippen molar-refractivity contribution in [1.82, 2.24) is 19.8 Å². The van der Waals surface area contributed by atoms with Gasteiger partial charge in [0.15, 0.2) is 0 Å². The topological polar surface area (TPSA) is 75.3 Å². The summed E-state index contributed by atoms with van der Waals surface area (Å²) in [6.45, 7) is 4.67. The van der Waals surface area contributed by atoms with Gasteiger partial charge in [0, 0.05) is 29.2 Å². The van der Waals surface area contributed by atoms with Crippen LogP contribution >= 0.6 is 11.6 Å². The lowest BCUT2D eigenvalue weighted by Gasteiger charge is -2.30. The fourth-order valence-corrected chi connectivity index (χ4v) is 4.04. The fraction of sp³-hybridized carbons (Fsp3) is 0.421. The molecular formula is C19H22ClN5O. The molecule has 1 aromatic carbocycles. The predicted octanol–water partition coefficient (Wildman–Crippen LogP) is 3.61. The van der Waals surface area contributed by atoms with E-state index in [2.05, 4.69) is 9.97 Å². The van der Waals surface area contributed by atoms with Gasteiger partial charge in [0.05, 0.1) is 24.5 Å². The SMILES string of the molecule is Cc1cc(Cl)ccc1-c1nc(N)nc2c1CN(C(=O)N1CCCCC1)C2. The number of halogens is 1. The van der Waals surface area contributed by atoms with Crippen molar-refractivity contribution >= 4 is 23.6 Å². The summed E-state index contributed by atoms with van der Waals surface area (Å²) >= 11 is 6.09. The van der Waals surface area contributed by atoms with Gasteiger partial charge in [-0.2, -0.15) is 0 Å². The van der Waals surface area contributed by atoms with Crippen LogP contribution in [0.5, 0.6) is 0 Å². The molecule has 0 unspecified atom stereocenters. The molecule has 2 aromatic rings. The zero-order valence-electron chi connectivity index (χ0n) is 14.8. The maximum atomic E-state index is 12.9. The van der Waals surface area contributed by atoms with Crippen LogP contribution in [-0.2, 0) is 13.1 Å². The van der Waals surface area contributed by atoms with E-state index in [-0.39, 0.29) is 12.0 Å². The normalized spacial score (nSPS) is 16.7. The Balaban J connectivity index is 1.67. The molecule has 0 bridgehead atoms. The molecule has 2 aliphatic heterocycles. The van der Waals surface area contributed by atoms with Crippen LogP contribution in [0.2, 0.25) is 5.02 Å². The number of anilines is 1. The number of carbonyl (C=O) groups excluding carboxylic acids is 1. The Morgan fingerprint density at radius 3 is 2.62 bits per heavy atom. The Bertz CT molecular complexity index is 863. The maximum Gasteiger partial charge on any atom is 0.320 e. The summed E-state index contributed by atoms with van der Waals surface area (Å²) in [5.41, 5.74) is 10.6. The van der Waals surface area contributed by atoms with Crippen LogP contribution in [0.1, 0.15) is 36.1 Å². The van der Waals surface area contributed by atoms with Gasteiger partial charge in [-0.1, -0.05) is 17.7 Å². The van der Waals surface area contributed by atoms with Gasteiger partial charge in [-0.15, -0.1) is 0 Å². The van der Waals surface area contributed by atoms with E-state index in [1.165, 1.54) is 6.42 Å². The first-order chi connectivity index (χ1) is 12.5. The molecule has 26 heavy (non-hydrogen) atoms. The highest BCUT2D eigenvalue weighted by molar-refractivity contribution is 6.30. The van der Waals surface area contributed by atoms with Crippen molar-refractivity contribution in [3.8, 4) is 11.3 Å². The molecule has 0 aliphatic carbocycles. The lowest BCUT2D eigenvalue weighted by molar-refractivity contribution is 0.143. The molecule has 7 heteroatoms. The van der Waals surface area contributed by atoms with E-state index < -0.39 is 0 Å². The summed E-state index contributed by atoms with van der Waals surface area (Å²) in [4.78, 5) is 25.5. The van der Waals surface area contributed by atoms with E-state index in [0.29, 0.717) is 18.1 Å². The Kier molecular flexibility index (Phi) is 4.44. The third kappa shape index (κ3) is 3.09. The fourth-order valence-electron chi connectivity index (χ4n) is 3.81. The standard InChI is InChI=1S/C19H22ClN5O/c1-12-9-13(20)5-6-14(12)17-15-10-25(11-16(15)22-18(21)23-17)19(26)24-7-3-2-4-8-24/h5-6,9H,2-4,7-8,10-11H2,1H3,(H2,21,22,23). The third-order valence-electron chi connectivity index (χ3n) is 5.14. The van der Waals surface area contributed by atoms with Gasteiger partial charge < -0.3 is 15.5 Å².